The molecular formula is C19H13F4N3O. The van der Waals surface area contributed by atoms with E-state index in [2.05, 4.69) is 15.3 Å². The highest BCUT2D eigenvalue weighted by molar-refractivity contribution is 5.92. The molecule has 0 fully saturated rings. The molecule has 3 aromatic rings. The fourth-order valence-corrected chi connectivity index (χ4v) is 2.49. The molecule has 0 unspecified atom stereocenters. The van der Waals surface area contributed by atoms with Gasteiger partial charge in [-0.05, 0) is 42.0 Å². The maximum absolute atomic E-state index is 14.2. The zero-order valence-electron chi connectivity index (χ0n) is 13.7. The van der Waals surface area contributed by atoms with Crippen molar-refractivity contribution in [2.24, 2.45) is 0 Å². The number of carbonyl (C=O) groups excluding carboxylic acids is 1. The number of carbonyl (C=O) groups is 1. The monoisotopic (exact) mass is 375 g/mol. The van der Waals surface area contributed by atoms with Crippen LogP contribution in [0, 0.1) is 5.82 Å². The first kappa shape index (κ1) is 18.5. The van der Waals surface area contributed by atoms with Crippen LogP contribution in [0.3, 0.4) is 0 Å². The quantitative estimate of drug-likeness (QED) is 0.697. The van der Waals surface area contributed by atoms with Gasteiger partial charge < -0.3 is 5.32 Å². The summed E-state index contributed by atoms with van der Waals surface area (Å²) >= 11 is 0. The average molecular weight is 375 g/mol. The third kappa shape index (κ3) is 4.28. The normalized spacial score (nSPS) is 12.4. The van der Waals surface area contributed by atoms with Crippen LogP contribution in [0.25, 0.3) is 0 Å². The number of pyridine rings is 2. The molecule has 0 saturated heterocycles. The fourth-order valence-electron chi connectivity index (χ4n) is 2.49. The van der Waals surface area contributed by atoms with E-state index in [-0.39, 0.29) is 17.0 Å². The number of hydrogen-bond acceptors (Lipinski definition) is 3. The lowest BCUT2D eigenvalue weighted by molar-refractivity contribution is -0.137. The van der Waals surface area contributed by atoms with Crippen molar-refractivity contribution >= 4 is 5.91 Å². The molecule has 2 heterocycles. The predicted octanol–water partition coefficient (Wildman–Crippen LogP) is 4.15. The molecule has 1 aromatic carbocycles. The molecule has 0 saturated carbocycles. The standard InChI is InChI=1S/C19H13F4N3O/c20-14-4-3-11-25-17(14)16(26-18(27)15-5-1-2-10-24-15)12-6-8-13(9-7-12)19(21,22)23/h1-11,16H,(H,26,27)/t16-/m0/s1. The van der Waals surface area contributed by atoms with Gasteiger partial charge in [0.15, 0.2) is 0 Å². The lowest BCUT2D eigenvalue weighted by atomic mass is 10.0. The van der Waals surface area contributed by atoms with Gasteiger partial charge in [0.05, 0.1) is 11.6 Å². The van der Waals surface area contributed by atoms with Crippen molar-refractivity contribution in [3.8, 4) is 0 Å². The van der Waals surface area contributed by atoms with Crippen LogP contribution in [0.4, 0.5) is 17.6 Å². The zero-order chi connectivity index (χ0) is 19.4. The Morgan fingerprint density at radius 2 is 1.63 bits per heavy atom. The summed E-state index contributed by atoms with van der Waals surface area (Å²) in [4.78, 5) is 20.3. The highest BCUT2D eigenvalue weighted by atomic mass is 19.4. The smallest absolute Gasteiger partial charge is 0.338 e. The second kappa shape index (κ2) is 7.53. The van der Waals surface area contributed by atoms with Crippen molar-refractivity contribution < 1.29 is 22.4 Å². The van der Waals surface area contributed by atoms with Gasteiger partial charge in [-0.3, -0.25) is 14.8 Å². The second-order valence-corrected chi connectivity index (χ2v) is 5.61. The minimum absolute atomic E-state index is 0.0887. The molecule has 0 radical (unpaired) electrons. The summed E-state index contributed by atoms with van der Waals surface area (Å²) < 4.78 is 52.6. The van der Waals surface area contributed by atoms with Crippen molar-refractivity contribution in [1.29, 1.82) is 0 Å². The Kier molecular flexibility index (Phi) is 5.16. The first-order valence-corrected chi connectivity index (χ1v) is 7.86. The van der Waals surface area contributed by atoms with Crippen molar-refractivity contribution in [3.05, 3.63) is 95.3 Å². The topological polar surface area (TPSA) is 54.9 Å². The number of amides is 1. The molecule has 1 amide bonds. The van der Waals surface area contributed by atoms with Gasteiger partial charge in [0, 0.05) is 12.4 Å². The number of benzene rings is 1. The molecule has 0 aliphatic carbocycles. The maximum atomic E-state index is 14.2. The van der Waals surface area contributed by atoms with Crippen LogP contribution in [0.15, 0.2) is 67.0 Å². The number of nitrogens with one attached hydrogen (secondary N) is 1. The average Bonchev–Trinajstić information content (AvgIpc) is 2.67. The first-order valence-electron chi connectivity index (χ1n) is 7.86. The Bertz CT molecular complexity index is 928. The lowest BCUT2D eigenvalue weighted by Gasteiger charge is -2.20. The third-order valence-electron chi connectivity index (χ3n) is 3.80. The Balaban J connectivity index is 1.98. The Hall–Kier alpha value is -3.29. The number of halogens is 4. The molecule has 8 heteroatoms. The Morgan fingerprint density at radius 1 is 0.926 bits per heavy atom. The molecule has 138 valence electrons. The summed E-state index contributed by atoms with van der Waals surface area (Å²) in [6, 6.07) is 10.3. The van der Waals surface area contributed by atoms with Crippen LogP contribution in [-0.4, -0.2) is 15.9 Å². The molecule has 0 bridgehead atoms. The van der Waals surface area contributed by atoms with Gasteiger partial charge in [0.1, 0.15) is 17.2 Å². The van der Waals surface area contributed by atoms with Crippen molar-refractivity contribution in [2.45, 2.75) is 12.2 Å². The number of nitrogens with zero attached hydrogens (tertiary/aromatic N) is 2. The Morgan fingerprint density at radius 3 is 2.22 bits per heavy atom. The van der Waals surface area contributed by atoms with E-state index in [9.17, 15) is 22.4 Å². The first-order chi connectivity index (χ1) is 12.9. The van der Waals surface area contributed by atoms with Gasteiger partial charge >= 0.3 is 6.18 Å². The van der Waals surface area contributed by atoms with Gasteiger partial charge in [-0.15, -0.1) is 0 Å². The number of hydrogen-bond donors (Lipinski definition) is 1. The lowest BCUT2D eigenvalue weighted by Crippen LogP contribution is -2.31. The van der Waals surface area contributed by atoms with E-state index in [0.29, 0.717) is 0 Å². The second-order valence-electron chi connectivity index (χ2n) is 5.61. The third-order valence-corrected chi connectivity index (χ3v) is 3.80. The van der Waals surface area contributed by atoms with Crippen LogP contribution in [0.1, 0.15) is 33.4 Å². The number of alkyl halides is 3. The van der Waals surface area contributed by atoms with Crippen LogP contribution in [-0.2, 0) is 6.18 Å². The minimum Gasteiger partial charge on any atom is -0.338 e. The van der Waals surface area contributed by atoms with E-state index in [0.717, 1.165) is 18.2 Å². The van der Waals surface area contributed by atoms with Crippen LogP contribution in [0.2, 0.25) is 0 Å². The van der Waals surface area contributed by atoms with E-state index < -0.39 is 29.5 Å². The molecular weight excluding hydrogens is 362 g/mol. The summed E-state index contributed by atoms with van der Waals surface area (Å²) in [6.07, 6.45) is -1.74. The van der Waals surface area contributed by atoms with Crippen molar-refractivity contribution in [2.75, 3.05) is 0 Å². The summed E-state index contributed by atoms with van der Waals surface area (Å²) in [5, 5.41) is 2.58. The molecule has 0 aliphatic heterocycles. The van der Waals surface area contributed by atoms with Crippen molar-refractivity contribution in [3.63, 3.8) is 0 Å². The molecule has 27 heavy (non-hydrogen) atoms. The molecule has 2 aromatic heterocycles. The van der Waals surface area contributed by atoms with E-state index in [1.54, 1.807) is 12.1 Å². The van der Waals surface area contributed by atoms with Gasteiger partial charge in [-0.1, -0.05) is 18.2 Å². The van der Waals surface area contributed by atoms with Crippen LogP contribution in [0.5, 0.6) is 0 Å². The Labute approximate surface area is 151 Å². The largest absolute Gasteiger partial charge is 0.416 e. The van der Waals surface area contributed by atoms with Crippen LogP contribution >= 0.6 is 0 Å². The van der Waals surface area contributed by atoms with Gasteiger partial charge in [-0.25, -0.2) is 4.39 Å². The molecule has 0 aliphatic rings. The molecule has 1 N–H and O–H groups in total. The molecule has 1 atom stereocenters. The minimum atomic E-state index is -4.50. The van der Waals surface area contributed by atoms with E-state index in [4.69, 9.17) is 0 Å². The molecule has 0 spiro atoms. The summed E-state index contributed by atoms with van der Waals surface area (Å²) in [5.41, 5.74) is -0.611. The predicted molar refractivity (Wildman–Crippen MR) is 89.2 cm³/mol. The van der Waals surface area contributed by atoms with E-state index >= 15 is 0 Å². The van der Waals surface area contributed by atoms with Gasteiger partial charge in [-0.2, -0.15) is 13.2 Å². The molecule has 3 rings (SSSR count). The summed E-state index contributed by atoms with van der Waals surface area (Å²) in [6.45, 7) is 0. The van der Waals surface area contributed by atoms with Gasteiger partial charge in [0.25, 0.3) is 5.91 Å². The fraction of sp³-hybridized carbons (Fsp3) is 0.105. The van der Waals surface area contributed by atoms with Gasteiger partial charge in [0.2, 0.25) is 0 Å². The summed E-state index contributed by atoms with van der Waals surface area (Å²) in [5.74, 6) is -1.30. The SMILES string of the molecule is O=C(N[C@@H](c1ccc(C(F)(F)F)cc1)c1ncccc1F)c1ccccn1. The number of rotatable bonds is 4. The number of aromatic nitrogens is 2. The highest BCUT2D eigenvalue weighted by Crippen LogP contribution is 2.31. The van der Waals surface area contributed by atoms with Crippen LogP contribution < -0.4 is 5.32 Å². The zero-order valence-corrected chi connectivity index (χ0v) is 13.7. The van der Waals surface area contributed by atoms with E-state index in [1.165, 1.54) is 36.7 Å². The molecule has 4 nitrogen and oxygen atoms in total. The van der Waals surface area contributed by atoms with E-state index in [1.807, 2.05) is 0 Å². The summed E-state index contributed by atoms with van der Waals surface area (Å²) in [7, 11) is 0. The van der Waals surface area contributed by atoms with Crippen molar-refractivity contribution in [1.82, 2.24) is 15.3 Å². The highest BCUT2D eigenvalue weighted by Gasteiger charge is 2.31. The maximum Gasteiger partial charge on any atom is 0.416 e.